The van der Waals surface area contributed by atoms with Gasteiger partial charge in [0.15, 0.2) is 0 Å². The Balaban J connectivity index is 2.45. The number of rotatable bonds is 5. The molecule has 1 aromatic carbocycles. The van der Waals surface area contributed by atoms with Crippen LogP contribution in [-0.2, 0) is 0 Å². The maximum atomic E-state index is 14.6. The number of halogens is 3. The Morgan fingerprint density at radius 1 is 1.35 bits per heavy atom. The predicted octanol–water partition coefficient (Wildman–Crippen LogP) is 5.86. The normalized spacial score (nSPS) is 19.2. The van der Waals surface area contributed by atoms with Crippen molar-refractivity contribution in [3.05, 3.63) is 33.0 Å². The SMILES string of the molecule is CCNC(c1ccc(Br)c(Cl)c1F)C1(CC)CCCC1. The lowest BCUT2D eigenvalue weighted by Gasteiger charge is -2.38. The minimum Gasteiger partial charge on any atom is -0.310 e. The van der Waals surface area contributed by atoms with Gasteiger partial charge in [0.25, 0.3) is 0 Å². The number of hydrogen-bond donors (Lipinski definition) is 1. The predicted molar refractivity (Wildman–Crippen MR) is 86.7 cm³/mol. The zero-order valence-corrected chi connectivity index (χ0v) is 14.5. The van der Waals surface area contributed by atoms with Gasteiger partial charge in [-0.25, -0.2) is 4.39 Å². The van der Waals surface area contributed by atoms with Gasteiger partial charge in [-0.3, -0.25) is 0 Å². The van der Waals surface area contributed by atoms with Gasteiger partial charge in [-0.1, -0.05) is 44.4 Å². The van der Waals surface area contributed by atoms with Gasteiger partial charge in [0.1, 0.15) is 5.82 Å². The Bertz CT molecular complexity index is 472. The molecule has 0 radical (unpaired) electrons. The van der Waals surface area contributed by atoms with E-state index in [0.29, 0.717) is 10.0 Å². The van der Waals surface area contributed by atoms with E-state index in [9.17, 15) is 4.39 Å². The number of benzene rings is 1. The van der Waals surface area contributed by atoms with E-state index in [0.717, 1.165) is 25.8 Å². The highest BCUT2D eigenvalue weighted by molar-refractivity contribution is 9.10. The van der Waals surface area contributed by atoms with E-state index in [-0.39, 0.29) is 22.3 Å². The molecule has 2 rings (SSSR count). The molecule has 1 N–H and O–H groups in total. The van der Waals surface area contributed by atoms with Crippen molar-refractivity contribution in [3.63, 3.8) is 0 Å². The summed E-state index contributed by atoms with van der Waals surface area (Å²) in [6.45, 7) is 5.12. The second kappa shape index (κ2) is 6.76. The van der Waals surface area contributed by atoms with Crippen LogP contribution >= 0.6 is 27.5 Å². The van der Waals surface area contributed by atoms with Gasteiger partial charge in [-0.15, -0.1) is 0 Å². The van der Waals surface area contributed by atoms with E-state index in [4.69, 9.17) is 11.6 Å². The highest BCUT2D eigenvalue weighted by Gasteiger charge is 2.41. The van der Waals surface area contributed by atoms with Gasteiger partial charge in [-0.2, -0.15) is 0 Å². The average Bonchev–Trinajstić information content (AvgIpc) is 2.93. The maximum absolute atomic E-state index is 14.6. The molecule has 0 spiro atoms. The van der Waals surface area contributed by atoms with Crippen LogP contribution in [0.2, 0.25) is 5.02 Å². The van der Waals surface area contributed by atoms with E-state index in [1.165, 1.54) is 12.8 Å². The molecule has 1 atom stereocenters. The third-order valence-corrected chi connectivity index (χ3v) is 5.96. The van der Waals surface area contributed by atoms with E-state index >= 15 is 0 Å². The molecule has 1 nitrogen and oxygen atoms in total. The smallest absolute Gasteiger partial charge is 0.147 e. The van der Waals surface area contributed by atoms with Crippen molar-refractivity contribution < 1.29 is 4.39 Å². The van der Waals surface area contributed by atoms with Crippen molar-refractivity contribution >= 4 is 27.5 Å². The summed E-state index contributed by atoms with van der Waals surface area (Å²) in [5.74, 6) is -0.285. The molecule has 0 amide bonds. The Hall–Kier alpha value is -0.120. The first-order valence-corrected chi connectivity index (χ1v) is 8.59. The molecular formula is C16H22BrClFN. The van der Waals surface area contributed by atoms with Crippen LogP contribution < -0.4 is 5.32 Å². The molecule has 0 bridgehead atoms. The van der Waals surface area contributed by atoms with E-state index in [1.807, 2.05) is 12.1 Å². The molecule has 0 aliphatic heterocycles. The molecule has 1 fully saturated rings. The molecule has 0 aromatic heterocycles. The van der Waals surface area contributed by atoms with Crippen molar-refractivity contribution in [2.24, 2.45) is 5.41 Å². The van der Waals surface area contributed by atoms with Crippen LogP contribution in [0.3, 0.4) is 0 Å². The second-order valence-corrected chi connectivity index (χ2v) is 6.91. The highest BCUT2D eigenvalue weighted by Crippen LogP contribution is 2.51. The van der Waals surface area contributed by atoms with Crippen LogP contribution in [0.25, 0.3) is 0 Å². The second-order valence-electron chi connectivity index (χ2n) is 5.68. The zero-order valence-electron chi connectivity index (χ0n) is 12.1. The van der Waals surface area contributed by atoms with Gasteiger partial charge in [0, 0.05) is 16.1 Å². The lowest BCUT2D eigenvalue weighted by atomic mass is 9.73. The third-order valence-electron chi connectivity index (χ3n) is 4.70. The fourth-order valence-electron chi connectivity index (χ4n) is 3.55. The Morgan fingerprint density at radius 3 is 2.55 bits per heavy atom. The molecule has 0 heterocycles. The van der Waals surface area contributed by atoms with Gasteiger partial charge >= 0.3 is 0 Å². The third kappa shape index (κ3) is 2.90. The largest absolute Gasteiger partial charge is 0.310 e. The van der Waals surface area contributed by atoms with Crippen molar-refractivity contribution in [2.75, 3.05) is 6.54 Å². The Labute approximate surface area is 134 Å². The lowest BCUT2D eigenvalue weighted by molar-refractivity contribution is 0.185. The van der Waals surface area contributed by atoms with E-state index < -0.39 is 0 Å². The Morgan fingerprint density at radius 2 is 2.00 bits per heavy atom. The summed E-state index contributed by atoms with van der Waals surface area (Å²) < 4.78 is 15.2. The van der Waals surface area contributed by atoms with E-state index in [1.54, 1.807) is 0 Å². The number of hydrogen-bond acceptors (Lipinski definition) is 1. The summed E-state index contributed by atoms with van der Waals surface area (Å²) >= 11 is 9.36. The molecule has 1 aliphatic rings. The monoisotopic (exact) mass is 361 g/mol. The van der Waals surface area contributed by atoms with Crippen LogP contribution in [-0.4, -0.2) is 6.54 Å². The fourth-order valence-corrected chi connectivity index (χ4v) is 4.03. The van der Waals surface area contributed by atoms with Crippen molar-refractivity contribution in [3.8, 4) is 0 Å². The highest BCUT2D eigenvalue weighted by atomic mass is 79.9. The summed E-state index contributed by atoms with van der Waals surface area (Å²) in [4.78, 5) is 0. The van der Waals surface area contributed by atoms with Crippen LogP contribution in [0, 0.1) is 11.2 Å². The number of nitrogens with one attached hydrogen (secondary N) is 1. The fraction of sp³-hybridized carbons (Fsp3) is 0.625. The summed E-state index contributed by atoms with van der Waals surface area (Å²) in [5, 5.41) is 3.70. The first kappa shape index (κ1) is 16.3. The van der Waals surface area contributed by atoms with Crippen molar-refractivity contribution in [2.45, 2.75) is 52.0 Å². The molecule has 0 saturated heterocycles. The van der Waals surface area contributed by atoms with Crippen LogP contribution in [0.1, 0.15) is 57.6 Å². The molecule has 1 aliphatic carbocycles. The van der Waals surface area contributed by atoms with Crippen LogP contribution in [0.4, 0.5) is 4.39 Å². The summed E-state index contributed by atoms with van der Waals surface area (Å²) in [7, 11) is 0. The van der Waals surface area contributed by atoms with Gasteiger partial charge in [-0.05, 0) is 53.2 Å². The first-order chi connectivity index (χ1) is 9.55. The molecule has 112 valence electrons. The average molecular weight is 363 g/mol. The summed E-state index contributed by atoms with van der Waals surface area (Å²) in [6.07, 6.45) is 5.86. The topological polar surface area (TPSA) is 12.0 Å². The molecule has 1 unspecified atom stereocenters. The molecule has 4 heteroatoms. The summed E-state index contributed by atoms with van der Waals surface area (Å²) in [6, 6.07) is 3.77. The van der Waals surface area contributed by atoms with Crippen LogP contribution in [0.15, 0.2) is 16.6 Å². The van der Waals surface area contributed by atoms with Gasteiger partial charge in [0.05, 0.1) is 5.02 Å². The lowest BCUT2D eigenvalue weighted by Crippen LogP contribution is -2.36. The molecular weight excluding hydrogens is 341 g/mol. The standard InChI is InChI=1S/C16H22BrClFN/c1-3-16(9-5-6-10-16)15(20-4-2)11-7-8-12(17)13(18)14(11)19/h7-8,15,20H,3-6,9-10H2,1-2H3. The van der Waals surface area contributed by atoms with Gasteiger partial charge in [0.2, 0.25) is 0 Å². The van der Waals surface area contributed by atoms with Crippen LogP contribution in [0.5, 0.6) is 0 Å². The minimum absolute atomic E-state index is 0.0469. The van der Waals surface area contributed by atoms with Crippen molar-refractivity contribution in [1.29, 1.82) is 0 Å². The minimum atomic E-state index is -0.285. The summed E-state index contributed by atoms with van der Waals surface area (Å²) in [5.41, 5.74) is 0.873. The molecule has 20 heavy (non-hydrogen) atoms. The maximum Gasteiger partial charge on any atom is 0.147 e. The quantitative estimate of drug-likeness (QED) is 0.647. The van der Waals surface area contributed by atoms with Gasteiger partial charge < -0.3 is 5.32 Å². The molecule has 1 saturated carbocycles. The Kier molecular flexibility index (Phi) is 5.49. The first-order valence-electron chi connectivity index (χ1n) is 7.42. The van der Waals surface area contributed by atoms with E-state index in [2.05, 4.69) is 35.1 Å². The van der Waals surface area contributed by atoms with Crippen molar-refractivity contribution in [1.82, 2.24) is 5.32 Å². The zero-order chi connectivity index (χ0) is 14.8. The molecule has 1 aromatic rings.